The molecule has 0 aromatic carbocycles. The van der Waals surface area contributed by atoms with Crippen LogP contribution in [0.15, 0.2) is 21.3 Å². The van der Waals surface area contributed by atoms with Gasteiger partial charge in [0.2, 0.25) is 11.7 Å². The number of nitrogens with zero attached hydrogens (tertiary/aromatic N) is 2. The molecule has 0 fully saturated rings. The fraction of sp³-hybridized carbons (Fsp3) is 0.455. The van der Waals surface area contributed by atoms with Gasteiger partial charge in [-0.05, 0) is 31.7 Å². The van der Waals surface area contributed by atoms with Crippen molar-refractivity contribution >= 4 is 11.3 Å². The molecule has 0 amide bonds. The highest BCUT2D eigenvalue weighted by Gasteiger charge is 2.14. The molecule has 0 saturated heterocycles. The van der Waals surface area contributed by atoms with Gasteiger partial charge in [0.15, 0.2) is 0 Å². The van der Waals surface area contributed by atoms with Crippen LogP contribution in [0.1, 0.15) is 26.2 Å². The van der Waals surface area contributed by atoms with Crippen LogP contribution in [0.5, 0.6) is 0 Å². The second kappa shape index (κ2) is 4.35. The first kappa shape index (κ1) is 11.3. The van der Waals surface area contributed by atoms with Gasteiger partial charge in [0.1, 0.15) is 0 Å². The molecular weight excluding hydrogens is 222 g/mol. The van der Waals surface area contributed by atoms with Crippen LogP contribution in [0.2, 0.25) is 0 Å². The van der Waals surface area contributed by atoms with Crippen LogP contribution >= 0.6 is 11.3 Å². The zero-order chi connectivity index (χ0) is 11.6. The van der Waals surface area contributed by atoms with Crippen LogP contribution < -0.4 is 5.73 Å². The first-order valence-electron chi connectivity index (χ1n) is 5.19. The number of rotatable bonds is 4. The molecular formula is C11H15N3OS. The highest BCUT2D eigenvalue weighted by molar-refractivity contribution is 7.08. The van der Waals surface area contributed by atoms with Gasteiger partial charge in [0, 0.05) is 22.9 Å². The topological polar surface area (TPSA) is 64.9 Å². The van der Waals surface area contributed by atoms with Crippen LogP contribution in [-0.2, 0) is 6.42 Å². The van der Waals surface area contributed by atoms with E-state index < -0.39 is 0 Å². The minimum absolute atomic E-state index is 0.197. The maximum absolute atomic E-state index is 5.90. The van der Waals surface area contributed by atoms with Crippen LogP contribution in [0.4, 0.5) is 0 Å². The second-order valence-corrected chi connectivity index (χ2v) is 5.29. The van der Waals surface area contributed by atoms with Crippen molar-refractivity contribution in [2.45, 2.75) is 32.2 Å². The second-order valence-electron chi connectivity index (χ2n) is 4.51. The van der Waals surface area contributed by atoms with E-state index >= 15 is 0 Å². The van der Waals surface area contributed by atoms with Crippen molar-refractivity contribution < 1.29 is 4.52 Å². The highest BCUT2D eigenvalue weighted by Crippen LogP contribution is 2.19. The Hall–Kier alpha value is -1.20. The molecule has 86 valence electrons. The summed E-state index contributed by atoms with van der Waals surface area (Å²) in [5.74, 6) is 1.31. The maximum atomic E-state index is 5.90. The van der Waals surface area contributed by atoms with Crippen molar-refractivity contribution in [1.29, 1.82) is 0 Å². The number of hydrogen-bond donors (Lipinski definition) is 1. The van der Waals surface area contributed by atoms with Gasteiger partial charge in [-0.2, -0.15) is 16.3 Å². The molecule has 0 unspecified atom stereocenters. The monoisotopic (exact) mass is 237 g/mol. The summed E-state index contributed by atoms with van der Waals surface area (Å²) in [4.78, 5) is 4.33. The van der Waals surface area contributed by atoms with E-state index in [0.717, 1.165) is 18.4 Å². The lowest BCUT2D eigenvalue weighted by Gasteiger charge is -2.16. The minimum Gasteiger partial charge on any atom is -0.339 e. The Labute approximate surface area is 98.5 Å². The summed E-state index contributed by atoms with van der Waals surface area (Å²) < 4.78 is 5.17. The fourth-order valence-corrected chi connectivity index (χ4v) is 1.93. The molecule has 0 radical (unpaired) electrons. The van der Waals surface area contributed by atoms with Gasteiger partial charge in [0.25, 0.3) is 0 Å². The molecule has 2 N–H and O–H groups in total. The zero-order valence-electron chi connectivity index (χ0n) is 9.43. The molecule has 0 bridgehead atoms. The van der Waals surface area contributed by atoms with Crippen LogP contribution in [0, 0.1) is 0 Å². The van der Waals surface area contributed by atoms with Crippen molar-refractivity contribution in [1.82, 2.24) is 10.1 Å². The van der Waals surface area contributed by atoms with Gasteiger partial charge in [-0.3, -0.25) is 0 Å². The molecule has 0 spiro atoms. The van der Waals surface area contributed by atoms with E-state index in [-0.39, 0.29) is 5.54 Å². The number of aryl methyl sites for hydroxylation is 1. The first-order valence-corrected chi connectivity index (χ1v) is 6.13. The van der Waals surface area contributed by atoms with E-state index in [1.54, 1.807) is 11.3 Å². The van der Waals surface area contributed by atoms with Gasteiger partial charge in [0.05, 0.1) is 0 Å². The van der Waals surface area contributed by atoms with E-state index in [9.17, 15) is 0 Å². The average Bonchev–Trinajstić information content (AvgIpc) is 2.84. The predicted molar refractivity (Wildman–Crippen MR) is 64.2 cm³/mol. The van der Waals surface area contributed by atoms with Gasteiger partial charge in [-0.15, -0.1) is 0 Å². The van der Waals surface area contributed by atoms with E-state index in [1.807, 2.05) is 30.7 Å². The molecule has 16 heavy (non-hydrogen) atoms. The van der Waals surface area contributed by atoms with E-state index in [1.165, 1.54) is 0 Å². The van der Waals surface area contributed by atoms with Gasteiger partial charge in [-0.25, -0.2) is 0 Å². The molecule has 2 aromatic heterocycles. The lowest BCUT2D eigenvalue weighted by molar-refractivity contribution is 0.358. The van der Waals surface area contributed by atoms with E-state index in [2.05, 4.69) is 10.1 Å². The van der Waals surface area contributed by atoms with Crippen LogP contribution in [0.3, 0.4) is 0 Å². The van der Waals surface area contributed by atoms with Crippen molar-refractivity contribution in [3.63, 3.8) is 0 Å². The number of nitrogens with two attached hydrogens (primary N) is 1. The molecule has 0 aliphatic heterocycles. The van der Waals surface area contributed by atoms with Crippen molar-refractivity contribution in [2.75, 3.05) is 0 Å². The third-order valence-corrected chi connectivity index (χ3v) is 2.91. The molecule has 2 heterocycles. The van der Waals surface area contributed by atoms with Crippen molar-refractivity contribution in [2.24, 2.45) is 5.73 Å². The summed E-state index contributed by atoms with van der Waals surface area (Å²) in [7, 11) is 0. The normalized spacial score (nSPS) is 11.9. The standard InChI is InChI=1S/C11H15N3OS/c1-11(2,12)5-3-9-13-10(14-15-9)8-4-6-16-7-8/h4,6-7H,3,5,12H2,1-2H3. The highest BCUT2D eigenvalue weighted by atomic mass is 32.1. The Bertz CT molecular complexity index is 442. The maximum Gasteiger partial charge on any atom is 0.227 e. The number of aromatic nitrogens is 2. The molecule has 0 atom stereocenters. The van der Waals surface area contributed by atoms with E-state index in [0.29, 0.717) is 11.7 Å². The summed E-state index contributed by atoms with van der Waals surface area (Å²) in [6.07, 6.45) is 1.55. The Morgan fingerprint density at radius 2 is 2.31 bits per heavy atom. The van der Waals surface area contributed by atoms with Crippen LogP contribution in [0.25, 0.3) is 11.4 Å². The smallest absolute Gasteiger partial charge is 0.227 e. The third kappa shape index (κ3) is 2.90. The van der Waals surface area contributed by atoms with E-state index in [4.69, 9.17) is 10.3 Å². The SMILES string of the molecule is CC(C)(N)CCc1nc(-c2ccsc2)no1. The third-order valence-electron chi connectivity index (χ3n) is 2.23. The molecule has 0 aliphatic rings. The summed E-state index contributed by atoms with van der Waals surface area (Å²) in [6, 6.07) is 1.98. The van der Waals surface area contributed by atoms with Crippen LogP contribution in [-0.4, -0.2) is 15.7 Å². The lowest BCUT2D eigenvalue weighted by atomic mass is 10.0. The molecule has 5 heteroatoms. The zero-order valence-corrected chi connectivity index (χ0v) is 10.3. The van der Waals surface area contributed by atoms with Crippen molar-refractivity contribution in [3.8, 4) is 11.4 Å². The number of thiophene rings is 1. The lowest BCUT2D eigenvalue weighted by Crippen LogP contribution is -2.32. The first-order chi connectivity index (χ1) is 7.54. The quantitative estimate of drug-likeness (QED) is 0.887. The summed E-state index contributed by atoms with van der Waals surface area (Å²) in [5, 5.41) is 7.93. The summed E-state index contributed by atoms with van der Waals surface area (Å²) in [5.41, 5.74) is 6.71. The molecule has 0 aliphatic carbocycles. The Morgan fingerprint density at radius 1 is 1.50 bits per heavy atom. The fourth-order valence-electron chi connectivity index (χ4n) is 1.29. The largest absolute Gasteiger partial charge is 0.339 e. The predicted octanol–water partition coefficient (Wildman–Crippen LogP) is 2.47. The Balaban J connectivity index is 2.03. The van der Waals surface area contributed by atoms with Gasteiger partial charge >= 0.3 is 0 Å². The summed E-state index contributed by atoms with van der Waals surface area (Å²) in [6.45, 7) is 3.98. The molecule has 2 aromatic rings. The average molecular weight is 237 g/mol. The number of hydrogen-bond acceptors (Lipinski definition) is 5. The summed E-state index contributed by atoms with van der Waals surface area (Å²) >= 11 is 1.62. The minimum atomic E-state index is -0.197. The Morgan fingerprint density at radius 3 is 2.94 bits per heavy atom. The molecule has 4 nitrogen and oxygen atoms in total. The van der Waals surface area contributed by atoms with Gasteiger partial charge in [-0.1, -0.05) is 5.16 Å². The van der Waals surface area contributed by atoms with Crippen molar-refractivity contribution in [3.05, 3.63) is 22.7 Å². The molecule has 0 saturated carbocycles. The van der Waals surface area contributed by atoms with Gasteiger partial charge < -0.3 is 10.3 Å². The molecule has 2 rings (SSSR count). The Kier molecular flexibility index (Phi) is 3.07.